The number of aryl methyl sites for hydroxylation is 1. The van der Waals surface area contributed by atoms with Crippen molar-refractivity contribution in [2.24, 2.45) is 5.73 Å². The number of quaternary nitrogens is 1. The van der Waals surface area contributed by atoms with Crippen molar-refractivity contribution in [2.75, 3.05) is 5.32 Å². The molecule has 3 rings (SSSR count). The van der Waals surface area contributed by atoms with Crippen molar-refractivity contribution in [3.05, 3.63) is 100.0 Å². The number of carbonyl (C=O) groups is 3. The molecule has 3 aromatic rings. The topological polar surface area (TPSA) is 176 Å². The van der Waals surface area contributed by atoms with Crippen LogP contribution in [0.2, 0.25) is 0 Å². The maximum atomic E-state index is 12.8. The highest BCUT2D eigenvalue weighted by Crippen LogP contribution is 2.23. The second kappa shape index (κ2) is 16.7. The van der Waals surface area contributed by atoms with E-state index in [1.807, 2.05) is 89.2 Å². The smallest absolute Gasteiger partial charge is 0.408 e. The van der Waals surface area contributed by atoms with E-state index in [2.05, 4.69) is 31.9 Å². The second-order valence-electron chi connectivity index (χ2n) is 12.5. The van der Waals surface area contributed by atoms with E-state index in [1.165, 1.54) is 11.3 Å². The zero-order valence-electron chi connectivity index (χ0n) is 27.3. The molecule has 246 valence electrons. The van der Waals surface area contributed by atoms with E-state index in [4.69, 9.17) is 10.5 Å². The van der Waals surface area contributed by atoms with Gasteiger partial charge >= 0.3 is 6.09 Å². The van der Waals surface area contributed by atoms with E-state index in [0.29, 0.717) is 29.5 Å². The van der Waals surface area contributed by atoms with Crippen molar-refractivity contribution in [1.29, 1.82) is 0 Å². The van der Waals surface area contributed by atoms with Crippen molar-refractivity contribution >= 4 is 34.4 Å². The molecule has 46 heavy (non-hydrogen) atoms. The summed E-state index contributed by atoms with van der Waals surface area (Å²) < 4.78 is 5.39. The van der Waals surface area contributed by atoms with E-state index < -0.39 is 17.2 Å². The van der Waals surface area contributed by atoms with Crippen LogP contribution in [0.15, 0.2) is 78.3 Å². The van der Waals surface area contributed by atoms with Gasteiger partial charge in [0, 0.05) is 18.2 Å². The Morgan fingerprint density at radius 2 is 1.61 bits per heavy atom. The molecule has 0 atom stereocenters. The Balaban J connectivity index is 1.40. The van der Waals surface area contributed by atoms with Crippen molar-refractivity contribution in [1.82, 2.24) is 20.8 Å². The molecule has 0 saturated carbocycles. The second-order valence-corrected chi connectivity index (χ2v) is 13.6. The summed E-state index contributed by atoms with van der Waals surface area (Å²) in [6, 6.07) is 17.1. The van der Waals surface area contributed by atoms with Gasteiger partial charge in [-0.15, -0.1) is 10.2 Å². The lowest BCUT2D eigenvalue weighted by atomic mass is 9.92. The van der Waals surface area contributed by atoms with E-state index in [0.717, 1.165) is 34.5 Å². The molecule has 2 aromatic carbocycles. The molecular formula is C34H46N7O4S+. The highest BCUT2D eigenvalue weighted by atomic mass is 32.1. The summed E-state index contributed by atoms with van der Waals surface area (Å²) in [4.78, 5) is 37.2. The fourth-order valence-corrected chi connectivity index (χ4v) is 5.20. The van der Waals surface area contributed by atoms with Gasteiger partial charge in [-0.25, -0.2) is 4.79 Å². The Morgan fingerprint density at radius 1 is 0.913 bits per heavy atom. The van der Waals surface area contributed by atoms with Crippen LogP contribution in [0.4, 0.5) is 9.93 Å². The Morgan fingerprint density at radius 3 is 2.33 bits per heavy atom. The highest BCUT2D eigenvalue weighted by Gasteiger charge is 2.26. The van der Waals surface area contributed by atoms with Crippen LogP contribution in [-0.4, -0.2) is 33.7 Å². The molecule has 0 spiro atoms. The number of nitrogens with two attached hydrogens (primary N) is 1. The first-order valence-electron chi connectivity index (χ1n) is 15.2. The van der Waals surface area contributed by atoms with Crippen LogP contribution in [0.25, 0.3) is 0 Å². The molecule has 11 nitrogen and oxygen atoms in total. The summed E-state index contributed by atoms with van der Waals surface area (Å²) in [5.74, 6) is 0.152. The van der Waals surface area contributed by atoms with Gasteiger partial charge in [0.1, 0.15) is 10.6 Å². The number of carbonyl (C=O) groups excluding carboxylic acids is 3. The standard InChI is InChI=1S/C34H45N7O4S/c1-33(2,3)45-32(44)39-34(4,5)25-15-11-14-24(20-25)22-29(43)38-31-41-40-30(46-31)17-10-9-16-26(35)18-19-27(36)37-28(42)21-23-12-7-6-8-13-23/h6-8,11-15,18-20H,9-10,16-17,21-22,35-36H2,1-5H3,(H,37,42)(H,39,44)(H,38,41,43)/p+1/b26-18-,27-19+. The lowest BCUT2D eigenvalue weighted by molar-refractivity contribution is -0.310. The van der Waals surface area contributed by atoms with E-state index >= 15 is 0 Å². The van der Waals surface area contributed by atoms with Crippen LogP contribution < -0.4 is 27.4 Å². The molecule has 0 unspecified atom stereocenters. The molecule has 0 radical (unpaired) electrons. The third-order valence-electron chi connectivity index (χ3n) is 6.65. The maximum absolute atomic E-state index is 12.8. The van der Waals surface area contributed by atoms with Gasteiger partial charge in [0.25, 0.3) is 0 Å². The summed E-state index contributed by atoms with van der Waals surface area (Å²) >= 11 is 1.35. The monoisotopic (exact) mass is 648 g/mol. The first-order valence-corrected chi connectivity index (χ1v) is 16.0. The van der Waals surface area contributed by atoms with Gasteiger partial charge < -0.3 is 26.8 Å². The lowest BCUT2D eigenvalue weighted by Crippen LogP contribution is -2.55. The Hall–Kier alpha value is -4.55. The number of benzene rings is 2. The molecule has 3 amide bonds. The summed E-state index contributed by atoms with van der Waals surface area (Å²) in [6.07, 6.45) is 6.50. The molecule has 0 aliphatic rings. The van der Waals surface area contributed by atoms with E-state index in [1.54, 1.807) is 12.2 Å². The number of hydrogen-bond donors (Lipinski definition) is 5. The molecular weight excluding hydrogens is 602 g/mol. The van der Waals surface area contributed by atoms with Gasteiger partial charge in [-0.05, 0) is 76.6 Å². The number of allylic oxidation sites excluding steroid dienone is 3. The predicted molar refractivity (Wildman–Crippen MR) is 180 cm³/mol. The average Bonchev–Trinajstić information content (AvgIpc) is 3.40. The van der Waals surface area contributed by atoms with E-state index in [-0.39, 0.29) is 24.7 Å². The zero-order valence-corrected chi connectivity index (χ0v) is 28.1. The molecule has 0 aliphatic carbocycles. The third kappa shape index (κ3) is 13.2. The van der Waals surface area contributed by atoms with Crippen molar-refractivity contribution < 1.29 is 24.9 Å². The summed E-state index contributed by atoms with van der Waals surface area (Å²) in [5.41, 5.74) is 12.0. The normalized spacial score (nSPS) is 12.4. The molecule has 0 aliphatic heterocycles. The summed E-state index contributed by atoms with van der Waals surface area (Å²) in [7, 11) is 0. The fraction of sp³-hybridized carbons (Fsp3) is 0.382. The van der Waals surface area contributed by atoms with E-state index in [9.17, 15) is 14.4 Å². The number of unbranched alkanes of at least 4 members (excludes halogenated alkanes) is 1. The number of rotatable bonds is 14. The Bertz CT molecular complexity index is 1540. The minimum absolute atomic E-state index is 0.130. The number of ether oxygens (including phenoxy) is 1. The number of nitrogens with zero attached hydrogens (tertiary/aromatic N) is 2. The Labute approximate surface area is 274 Å². The van der Waals surface area contributed by atoms with Crippen LogP contribution >= 0.6 is 11.3 Å². The predicted octanol–water partition coefficient (Wildman–Crippen LogP) is 4.48. The molecule has 1 heterocycles. The minimum atomic E-state index is -0.698. The summed E-state index contributed by atoms with van der Waals surface area (Å²) in [5, 5.41) is 18.1. The number of alkyl carbamates (subject to hydrolysis) is 1. The van der Waals surface area contributed by atoms with Crippen molar-refractivity contribution in [3.8, 4) is 0 Å². The van der Waals surface area contributed by atoms with Crippen molar-refractivity contribution in [3.63, 3.8) is 0 Å². The number of nitrogens with one attached hydrogen (secondary N) is 3. The first-order chi connectivity index (χ1) is 21.7. The number of anilines is 1. The fourth-order valence-electron chi connectivity index (χ4n) is 4.40. The first kappa shape index (κ1) is 35.9. The lowest BCUT2D eigenvalue weighted by Gasteiger charge is -2.29. The van der Waals surface area contributed by atoms with Crippen molar-refractivity contribution in [2.45, 2.75) is 84.3 Å². The largest absolute Gasteiger partial charge is 0.444 e. The number of aromatic nitrogens is 2. The molecule has 0 saturated heterocycles. The Kier molecular flexibility index (Phi) is 13.0. The van der Waals surface area contributed by atoms with Gasteiger partial charge in [-0.2, -0.15) is 0 Å². The quantitative estimate of drug-likeness (QED) is 0.126. The number of amides is 3. The van der Waals surface area contributed by atoms with Crippen LogP contribution in [-0.2, 0) is 39.1 Å². The minimum Gasteiger partial charge on any atom is -0.444 e. The molecule has 0 fully saturated rings. The third-order valence-corrected chi connectivity index (χ3v) is 7.55. The zero-order chi connectivity index (χ0) is 33.7. The van der Waals surface area contributed by atoms with Crippen LogP contribution in [0.1, 0.15) is 75.6 Å². The van der Waals surface area contributed by atoms with Gasteiger partial charge in [0.05, 0.1) is 18.4 Å². The SMILES string of the molecule is CC(C)(C)OC(=O)NC(C)(C)c1cccc(CC(=O)Nc2nnc(CCCC/C(N)=C/C=C(\[NH3+])NC(=O)Cc3ccccc3)s2)c1. The summed E-state index contributed by atoms with van der Waals surface area (Å²) in [6.45, 7) is 9.21. The van der Waals surface area contributed by atoms with Crippen LogP contribution in [0.3, 0.4) is 0 Å². The van der Waals surface area contributed by atoms with Crippen LogP contribution in [0, 0.1) is 0 Å². The molecule has 0 bridgehead atoms. The highest BCUT2D eigenvalue weighted by molar-refractivity contribution is 7.15. The van der Waals surface area contributed by atoms with Crippen LogP contribution in [0.5, 0.6) is 0 Å². The molecule has 8 N–H and O–H groups in total. The maximum Gasteiger partial charge on any atom is 0.408 e. The van der Waals surface area contributed by atoms with Gasteiger partial charge in [-0.1, -0.05) is 65.9 Å². The molecule has 12 heteroatoms. The number of hydrogen-bond acceptors (Lipinski definition) is 8. The van der Waals surface area contributed by atoms with Gasteiger partial charge in [0.2, 0.25) is 22.8 Å². The molecule has 1 aromatic heterocycles. The van der Waals surface area contributed by atoms with Gasteiger partial charge in [-0.3, -0.25) is 14.9 Å². The average molecular weight is 649 g/mol. The van der Waals surface area contributed by atoms with Gasteiger partial charge in [0.15, 0.2) is 0 Å².